The van der Waals surface area contributed by atoms with Crippen LogP contribution >= 0.6 is 0 Å². The van der Waals surface area contributed by atoms with Crippen LogP contribution in [-0.2, 0) is 0 Å². The zero-order valence-electron chi connectivity index (χ0n) is 8.17. The summed E-state index contributed by atoms with van der Waals surface area (Å²) < 4.78 is 0. The van der Waals surface area contributed by atoms with E-state index in [1.807, 2.05) is 14.1 Å². The minimum Gasteiger partial charge on any atom is -0.395 e. The van der Waals surface area contributed by atoms with Gasteiger partial charge < -0.3 is 10.0 Å². The molecule has 1 N–H and O–H groups in total. The second-order valence-corrected chi connectivity index (χ2v) is 3.29. The largest absolute Gasteiger partial charge is 0.395 e. The van der Waals surface area contributed by atoms with Gasteiger partial charge in [-0.15, -0.1) is 0 Å². The summed E-state index contributed by atoms with van der Waals surface area (Å²) in [5.74, 6) is 0.634. The van der Waals surface area contributed by atoms with Crippen LogP contribution in [0.4, 0.5) is 0 Å². The van der Waals surface area contributed by atoms with Crippen LogP contribution in [0.15, 0.2) is 0 Å². The number of aliphatic hydroxyl groups excluding tert-OH is 1. The van der Waals surface area contributed by atoms with Gasteiger partial charge in [0.15, 0.2) is 0 Å². The Hall–Kier alpha value is -0.0800. The topological polar surface area (TPSA) is 23.5 Å². The highest BCUT2D eigenvalue weighted by atomic mass is 16.3. The van der Waals surface area contributed by atoms with E-state index in [2.05, 4.69) is 18.7 Å². The third-order valence-electron chi connectivity index (χ3n) is 2.44. The van der Waals surface area contributed by atoms with Crippen LogP contribution in [0, 0.1) is 5.92 Å². The quantitative estimate of drug-likeness (QED) is 0.654. The lowest BCUT2D eigenvalue weighted by molar-refractivity contribution is 0.116. The van der Waals surface area contributed by atoms with Crippen molar-refractivity contribution in [2.75, 3.05) is 20.7 Å². The van der Waals surface area contributed by atoms with Gasteiger partial charge in [-0.2, -0.15) is 0 Å². The average Bonchev–Trinajstić information content (AvgIpc) is 1.99. The summed E-state index contributed by atoms with van der Waals surface area (Å²) in [6.45, 7) is 4.64. The Balaban J connectivity index is 3.98. The Morgan fingerprint density at radius 3 is 1.73 bits per heavy atom. The van der Waals surface area contributed by atoms with Crippen molar-refractivity contribution < 1.29 is 5.11 Å². The van der Waals surface area contributed by atoms with Gasteiger partial charge in [0.05, 0.1) is 6.61 Å². The molecule has 0 aliphatic rings. The van der Waals surface area contributed by atoms with Crippen LogP contribution < -0.4 is 0 Å². The normalized spacial score (nSPS) is 14.5. The van der Waals surface area contributed by atoms with Crippen LogP contribution in [0.5, 0.6) is 0 Å². The number of nitrogens with zero attached hydrogens (tertiary/aromatic N) is 1. The lowest BCUT2D eigenvalue weighted by Gasteiger charge is -2.29. The molecule has 0 bridgehead atoms. The standard InChI is InChI=1S/C9H21NO/c1-5-8(6-2)9(7-11)10(3)4/h8-9,11H,5-7H2,1-4H3. The van der Waals surface area contributed by atoms with Gasteiger partial charge in [0.25, 0.3) is 0 Å². The van der Waals surface area contributed by atoms with Crippen molar-refractivity contribution in [1.29, 1.82) is 0 Å². The molecule has 0 fully saturated rings. The molecule has 1 unspecified atom stereocenters. The van der Waals surface area contributed by atoms with Crippen LogP contribution in [0.25, 0.3) is 0 Å². The number of likely N-dealkylation sites (N-methyl/N-ethyl adjacent to an activating group) is 1. The minimum absolute atomic E-state index is 0.277. The highest BCUT2D eigenvalue weighted by molar-refractivity contribution is 4.72. The molecule has 0 spiro atoms. The average molecular weight is 159 g/mol. The third kappa shape index (κ3) is 3.21. The molecule has 0 aromatic rings. The van der Waals surface area contributed by atoms with Gasteiger partial charge >= 0.3 is 0 Å². The van der Waals surface area contributed by atoms with E-state index in [4.69, 9.17) is 5.11 Å². The Bertz CT molecular complexity index is 89.6. The van der Waals surface area contributed by atoms with Crippen molar-refractivity contribution in [1.82, 2.24) is 4.90 Å². The summed E-state index contributed by atoms with van der Waals surface area (Å²) in [5, 5.41) is 9.09. The van der Waals surface area contributed by atoms with Crippen molar-refractivity contribution in [2.45, 2.75) is 32.7 Å². The van der Waals surface area contributed by atoms with Crippen molar-refractivity contribution in [3.63, 3.8) is 0 Å². The number of rotatable bonds is 5. The molecule has 0 rings (SSSR count). The van der Waals surface area contributed by atoms with Crippen LogP contribution in [0.1, 0.15) is 26.7 Å². The Morgan fingerprint density at radius 1 is 1.18 bits per heavy atom. The fourth-order valence-electron chi connectivity index (χ4n) is 1.57. The fourth-order valence-corrected chi connectivity index (χ4v) is 1.57. The highest BCUT2D eigenvalue weighted by Gasteiger charge is 2.18. The molecular formula is C9H21NO. The third-order valence-corrected chi connectivity index (χ3v) is 2.44. The SMILES string of the molecule is CCC(CC)C(CO)N(C)C. The van der Waals surface area contributed by atoms with E-state index >= 15 is 0 Å². The number of hydrogen-bond donors (Lipinski definition) is 1. The highest BCUT2D eigenvalue weighted by Crippen LogP contribution is 2.15. The maximum atomic E-state index is 9.09. The van der Waals surface area contributed by atoms with Gasteiger partial charge in [-0.25, -0.2) is 0 Å². The van der Waals surface area contributed by atoms with Crippen LogP contribution in [0.3, 0.4) is 0 Å². The van der Waals surface area contributed by atoms with E-state index in [0.717, 1.165) is 12.8 Å². The molecule has 0 saturated heterocycles. The van der Waals surface area contributed by atoms with Crippen molar-refractivity contribution in [3.8, 4) is 0 Å². The molecule has 11 heavy (non-hydrogen) atoms. The van der Waals surface area contributed by atoms with Crippen LogP contribution in [0.2, 0.25) is 0 Å². The van der Waals surface area contributed by atoms with E-state index in [1.54, 1.807) is 0 Å². The first-order valence-electron chi connectivity index (χ1n) is 4.44. The van der Waals surface area contributed by atoms with Crippen LogP contribution in [-0.4, -0.2) is 36.8 Å². The zero-order chi connectivity index (χ0) is 8.85. The van der Waals surface area contributed by atoms with Gasteiger partial charge in [-0.3, -0.25) is 0 Å². The Morgan fingerprint density at radius 2 is 1.64 bits per heavy atom. The molecule has 0 radical (unpaired) electrons. The smallest absolute Gasteiger partial charge is 0.0589 e. The maximum Gasteiger partial charge on any atom is 0.0589 e. The second kappa shape index (κ2) is 5.56. The molecule has 1 atom stereocenters. The Labute approximate surface area is 70.2 Å². The van der Waals surface area contributed by atoms with E-state index < -0.39 is 0 Å². The van der Waals surface area contributed by atoms with Gasteiger partial charge in [-0.05, 0) is 20.0 Å². The van der Waals surface area contributed by atoms with E-state index in [-0.39, 0.29) is 6.61 Å². The summed E-state index contributed by atoms with van der Waals surface area (Å²) in [4.78, 5) is 2.11. The first-order chi connectivity index (χ1) is 5.17. The summed E-state index contributed by atoms with van der Waals surface area (Å²) in [6, 6.07) is 0.338. The van der Waals surface area contributed by atoms with Crippen molar-refractivity contribution >= 4 is 0 Å². The molecular weight excluding hydrogens is 138 g/mol. The minimum atomic E-state index is 0.277. The van der Waals surface area contributed by atoms with Gasteiger partial charge in [0.2, 0.25) is 0 Å². The van der Waals surface area contributed by atoms with Gasteiger partial charge in [-0.1, -0.05) is 26.7 Å². The monoisotopic (exact) mass is 159 g/mol. The number of hydrogen-bond acceptors (Lipinski definition) is 2. The molecule has 2 heteroatoms. The van der Waals surface area contributed by atoms with E-state index in [0.29, 0.717) is 12.0 Å². The lowest BCUT2D eigenvalue weighted by Crippen LogP contribution is -2.37. The van der Waals surface area contributed by atoms with Gasteiger partial charge in [0.1, 0.15) is 0 Å². The predicted molar refractivity (Wildman–Crippen MR) is 48.6 cm³/mol. The second-order valence-electron chi connectivity index (χ2n) is 3.29. The van der Waals surface area contributed by atoms with Crippen molar-refractivity contribution in [2.24, 2.45) is 5.92 Å². The molecule has 0 saturated carbocycles. The molecule has 68 valence electrons. The number of aliphatic hydroxyl groups is 1. The first-order valence-corrected chi connectivity index (χ1v) is 4.44. The molecule has 0 aliphatic carbocycles. The van der Waals surface area contributed by atoms with E-state index in [9.17, 15) is 0 Å². The summed E-state index contributed by atoms with van der Waals surface area (Å²) in [5.41, 5.74) is 0. The van der Waals surface area contributed by atoms with E-state index in [1.165, 1.54) is 0 Å². The van der Waals surface area contributed by atoms with Crippen molar-refractivity contribution in [3.05, 3.63) is 0 Å². The summed E-state index contributed by atoms with van der Waals surface area (Å²) >= 11 is 0. The molecule has 0 heterocycles. The lowest BCUT2D eigenvalue weighted by atomic mass is 9.94. The molecule has 2 nitrogen and oxygen atoms in total. The van der Waals surface area contributed by atoms with Gasteiger partial charge in [0, 0.05) is 6.04 Å². The summed E-state index contributed by atoms with van der Waals surface area (Å²) in [7, 11) is 4.05. The maximum absolute atomic E-state index is 9.09. The first kappa shape index (κ1) is 10.9. The molecule has 0 amide bonds. The molecule has 0 aliphatic heterocycles. The zero-order valence-corrected chi connectivity index (χ0v) is 8.17. The molecule has 0 aromatic carbocycles. The Kier molecular flexibility index (Phi) is 5.51. The summed E-state index contributed by atoms with van der Waals surface area (Å²) in [6.07, 6.45) is 2.31. The predicted octanol–water partition coefficient (Wildman–Crippen LogP) is 1.35. The fraction of sp³-hybridized carbons (Fsp3) is 1.00. The molecule has 0 aromatic heterocycles.